The molecule has 31 heavy (non-hydrogen) atoms. The van der Waals surface area contributed by atoms with Gasteiger partial charge in [-0.05, 0) is 62.2 Å². The Morgan fingerprint density at radius 3 is 2.68 bits per heavy atom. The number of ketones is 2. The minimum absolute atomic E-state index is 0.0267. The average Bonchev–Trinajstić information content (AvgIpc) is 2.99. The zero-order valence-corrected chi connectivity index (χ0v) is 19.0. The van der Waals surface area contributed by atoms with Gasteiger partial charge >= 0.3 is 5.97 Å². The number of unbranched alkanes of at least 4 members (excludes halogenated alkanes) is 1. The highest BCUT2D eigenvalue weighted by atomic mass is 16.6. The molecule has 5 nitrogen and oxygen atoms in total. The number of Topliss-reactive ketones (excluding diaryl/α,β-unsaturated/α-hetero) is 1. The maximum absolute atomic E-state index is 13.0. The molecule has 4 aliphatic rings. The predicted octanol–water partition coefficient (Wildman–Crippen LogP) is 4.10. The highest BCUT2D eigenvalue weighted by Crippen LogP contribution is 2.66. The Morgan fingerprint density at radius 1 is 1.26 bits per heavy atom. The lowest BCUT2D eigenvalue weighted by Gasteiger charge is -2.58. The first-order valence-electron chi connectivity index (χ1n) is 11.6. The van der Waals surface area contributed by atoms with Gasteiger partial charge in [0.15, 0.2) is 17.2 Å². The molecular weight excluding hydrogens is 392 g/mol. The van der Waals surface area contributed by atoms with Crippen LogP contribution in [-0.4, -0.2) is 34.3 Å². The number of carbonyl (C=O) groups is 3. The Morgan fingerprint density at radius 2 is 2.00 bits per heavy atom. The molecule has 4 rings (SSSR count). The Hall–Kier alpha value is -2.01. The summed E-state index contributed by atoms with van der Waals surface area (Å²) in [6.45, 7) is 7.66. The Balaban J connectivity index is 1.73. The molecule has 0 aromatic rings. The number of ether oxygens (including phenoxy) is 1. The summed E-state index contributed by atoms with van der Waals surface area (Å²) in [4.78, 5) is 37.5. The van der Waals surface area contributed by atoms with E-state index in [1.165, 1.54) is 6.92 Å². The zero-order valence-electron chi connectivity index (χ0n) is 19.0. The molecule has 0 aromatic carbocycles. The molecule has 0 unspecified atom stereocenters. The number of rotatable bonds is 5. The van der Waals surface area contributed by atoms with Crippen LogP contribution in [0.5, 0.6) is 0 Å². The van der Waals surface area contributed by atoms with E-state index >= 15 is 0 Å². The van der Waals surface area contributed by atoms with E-state index in [0.717, 1.165) is 24.8 Å². The molecule has 4 aliphatic carbocycles. The van der Waals surface area contributed by atoms with Crippen LogP contribution in [0.2, 0.25) is 0 Å². The van der Waals surface area contributed by atoms with Crippen molar-refractivity contribution in [1.29, 1.82) is 0 Å². The second-order valence-electron chi connectivity index (χ2n) is 10.4. The van der Waals surface area contributed by atoms with Crippen LogP contribution in [-0.2, 0) is 19.1 Å². The molecule has 0 saturated heterocycles. The van der Waals surface area contributed by atoms with Gasteiger partial charge in [0.2, 0.25) is 0 Å². The summed E-state index contributed by atoms with van der Waals surface area (Å²) >= 11 is 0. The lowest BCUT2D eigenvalue weighted by atomic mass is 9.48. The number of fused-ring (bicyclic) bond motifs is 5. The minimum Gasteiger partial charge on any atom is -0.450 e. The molecule has 1 N–H and O–H groups in total. The number of aliphatic hydroxyl groups is 1. The summed E-state index contributed by atoms with van der Waals surface area (Å²) in [5.74, 6) is -0.386. The van der Waals surface area contributed by atoms with Crippen molar-refractivity contribution in [3.63, 3.8) is 0 Å². The van der Waals surface area contributed by atoms with Crippen LogP contribution in [0.4, 0.5) is 0 Å². The van der Waals surface area contributed by atoms with Gasteiger partial charge in [-0.1, -0.05) is 45.4 Å². The van der Waals surface area contributed by atoms with Crippen LogP contribution in [0, 0.1) is 28.6 Å². The van der Waals surface area contributed by atoms with Gasteiger partial charge in [-0.2, -0.15) is 0 Å². The van der Waals surface area contributed by atoms with Crippen LogP contribution in [0.25, 0.3) is 0 Å². The average molecular weight is 427 g/mol. The van der Waals surface area contributed by atoms with Crippen molar-refractivity contribution in [2.75, 3.05) is 0 Å². The van der Waals surface area contributed by atoms with Crippen LogP contribution in [0.1, 0.15) is 66.2 Å². The van der Waals surface area contributed by atoms with Gasteiger partial charge in [-0.15, -0.1) is 0 Å². The summed E-state index contributed by atoms with van der Waals surface area (Å²) in [5.41, 5.74) is -1.30. The topological polar surface area (TPSA) is 80.7 Å². The SMILES string of the molecule is CCCCC(=O)O[C@@]1(C(C)=O)CC[C@H]2[C@@H]3C=CC4=CC(=O)C=C[C@]4(C)[C@H]3[C@@H](O)C[C@@]21C. The first kappa shape index (κ1) is 22.2. The molecule has 0 heterocycles. The van der Waals surface area contributed by atoms with E-state index < -0.39 is 22.5 Å². The van der Waals surface area contributed by atoms with E-state index in [0.29, 0.717) is 19.3 Å². The molecule has 2 fully saturated rings. The van der Waals surface area contributed by atoms with E-state index in [-0.39, 0.29) is 35.3 Å². The van der Waals surface area contributed by atoms with Gasteiger partial charge in [0.1, 0.15) is 0 Å². The van der Waals surface area contributed by atoms with Crippen LogP contribution >= 0.6 is 0 Å². The molecule has 0 amide bonds. The molecule has 0 spiro atoms. The molecule has 0 aliphatic heterocycles. The van der Waals surface area contributed by atoms with Crippen LogP contribution < -0.4 is 0 Å². The highest BCUT2D eigenvalue weighted by Gasteiger charge is 2.69. The van der Waals surface area contributed by atoms with Gasteiger partial charge in [0.25, 0.3) is 0 Å². The van der Waals surface area contributed by atoms with Gasteiger partial charge in [0.05, 0.1) is 6.10 Å². The maximum atomic E-state index is 13.0. The normalized spacial score (nSPS) is 43.0. The fraction of sp³-hybridized carbons (Fsp3) is 0.654. The summed E-state index contributed by atoms with van der Waals surface area (Å²) < 4.78 is 6.02. The van der Waals surface area contributed by atoms with Crippen molar-refractivity contribution in [3.05, 3.63) is 36.0 Å². The molecule has 0 aromatic heterocycles. The van der Waals surface area contributed by atoms with Crippen molar-refractivity contribution in [2.24, 2.45) is 28.6 Å². The van der Waals surface area contributed by atoms with Crippen molar-refractivity contribution in [2.45, 2.75) is 77.9 Å². The van der Waals surface area contributed by atoms with E-state index in [4.69, 9.17) is 4.74 Å². The zero-order chi connectivity index (χ0) is 22.6. The van der Waals surface area contributed by atoms with Crippen LogP contribution in [0.3, 0.4) is 0 Å². The standard InChI is InChI=1S/C26H34O5/c1-5-6-7-22(30)31-26(16(2)27)13-11-20-19-9-8-17-14-18(28)10-12-24(17,3)23(19)21(29)15-25(20,26)4/h8-10,12,14,19-21,23,29H,5-7,11,13,15H2,1-4H3/t19-,20-,21-,23+,24-,25-,26+/m0/s1. The molecule has 168 valence electrons. The van der Waals surface area contributed by atoms with E-state index in [1.807, 2.05) is 26.0 Å². The number of aliphatic hydroxyl groups excluding tert-OH is 1. The largest absolute Gasteiger partial charge is 0.450 e. The Bertz CT molecular complexity index is 897. The van der Waals surface area contributed by atoms with E-state index in [9.17, 15) is 19.5 Å². The van der Waals surface area contributed by atoms with Crippen molar-refractivity contribution in [1.82, 2.24) is 0 Å². The third-order valence-electron chi connectivity index (χ3n) is 8.77. The van der Waals surface area contributed by atoms with Gasteiger partial charge in [-0.25, -0.2) is 0 Å². The minimum atomic E-state index is -1.18. The van der Waals surface area contributed by atoms with E-state index in [1.54, 1.807) is 12.2 Å². The first-order valence-corrected chi connectivity index (χ1v) is 11.6. The lowest BCUT2D eigenvalue weighted by Crippen LogP contribution is -2.61. The summed E-state index contributed by atoms with van der Waals surface area (Å²) in [6.07, 6.45) is 12.3. The van der Waals surface area contributed by atoms with Crippen molar-refractivity contribution >= 4 is 17.5 Å². The summed E-state index contributed by atoms with van der Waals surface area (Å²) in [7, 11) is 0. The van der Waals surface area contributed by atoms with Crippen LogP contribution in [0.15, 0.2) is 36.0 Å². The van der Waals surface area contributed by atoms with Crippen molar-refractivity contribution < 1.29 is 24.2 Å². The molecular formula is C26H34O5. The third kappa shape index (κ3) is 3.11. The first-order chi connectivity index (χ1) is 14.6. The fourth-order valence-electron chi connectivity index (χ4n) is 7.16. The smallest absolute Gasteiger partial charge is 0.306 e. The molecule has 2 saturated carbocycles. The number of hydrogen-bond acceptors (Lipinski definition) is 5. The Labute approximate surface area is 184 Å². The fourth-order valence-corrected chi connectivity index (χ4v) is 7.16. The predicted molar refractivity (Wildman–Crippen MR) is 117 cm³/mol. The molecule has 0 radical (unpaired) electrons. The number of esters is 1. The van der Waals surface area contributed by atoms with Gasteiger partial charge < -0.3 is 9.84 Å². The number of hydrogen-bond donors (Lipinski definition) is 1. The number of allylic oxidation sites excluding steroid dienone is 6. The third-order valence-corrected chi connectivity index (χ3v) is 8.77. The maximum Gasteiger partial charge on any atom is 0.306 e. The van der Waals surface area contributed by atoms with Gasteiger partial charge in [-0.3, -0.25) is 14.4 Å². The molecule has 7 atom stereocenters. The van der Waals surface area contributed by atoms with Crippen molar-refractivity contribution in [3.8, 4) is 0 Å². The second kappa shape index (κ2) is 7.54. The quantitative estimate of drug-likeness (QED) is 0.670. The summed E-state index contributed by atoms with van der Waals surface area (Å²) in [5, 5.41) is 11.4. The monoisotopic (exact) mass is 426 g/mol. The number of carbonyl (C=O) groups excluding carboxylic acids is 3. The van der Waals surface area contributed by atoms with E-state index in [2.05, 4.69) is 13.0 Å². The lowest BCUT2D eigenvalue weighted by molar-refractivity contribution is -0.194. The summed E-state index contributed by atoms with van der Waals surface area (Å²) in [6, 6.07) is 0. The Kier molecular flexibility index (Phi) is 5.40. The highest BCUT2D eigenvalue weighted by molar-refractivity contribution is 6.01. The molecule has 5 heteroatoms. The van der Waals surface area contributed by atoms with Gasteiger partial charge in [0, 0.05) is 23.2 Å². The second-order valence-corrected chi connectivity index (χ2v) is 10.4. The molecule has 0 bridgehead atoms.